The van der Waals surface area contributed by atoms with Crippen LogP contribution in [0.2, 0.25) is 0 Å². The summed E-state index contributed by atoms with van der Waals surface area (Å²) in [5.74, 6) is -0.693. The highest BCUT2D eigenvalue weighted by Crippen LogP contribution is 2.44. The Labute approximate surface area is 172 Å². The fraction of sp³-hybridized carbons (Fsp3) is 0.556. The Morgan fingerprint density at radius 1 is 1.43 bits per heavy atom. The molecule has 0 aliphatic heterocycles. The topological polar surface area (TPSA) is 124 Å². The summed E-state index contributed by atoms with van der Waals surface area (Å²) in [6.07, 6.45) is 1.56. The molecular formula is C18H22F2N4O5S. The first-order chi connectivity index (χ1) is 14.0. The van der Waals surface area contributed by atoms with Crippen molar-refractivity contribution in [2.45, 2.75) is 44.6 Å². The number of hydrogen-bond acceptors (Lipinski definition) is 8. The van der Waals surface area contributed by atoms with Crippen LogP contribution in [0, 0.1) is 6.92 Å². The molecule has 0 saturated heterocycles. The van der Waals surface area contributed by atoms with Crippen molar-refractivity contribution < 1.29 is 31.3 Å². The van der Waals surface area contributed by atoms with Crippen LogP contribution in [0.3, 0.4) is 0 Å². The van der Waals surface area contributed by atoms with E-state index in [2.05, 4.69) is 20.4 Å². The van der Waals surface area contributed by atoms with Crippen LogP contribution in [0.1, 0.15) is 53.5 Å². The summed E-state index contributed by atoms with van der Waals surface area (Å²) < 4.78 is 59.2. The Bertz CT molecular complexity index is 1040. The predicted octanol–water partition coefficient (Wildman–Crippen LogP) is 1.98. The van der Waals surface area contributed by atoms with E-state index in [1.165, 1.54) is 26.1 Å². The highest BCUT2D eigenvalue weighted by molar-refractivity contribution is 7.90. The maximum Gasteiger partial charge on any atom is 0.272 e. The predicted molar refractivity (Wildman–Crippen MR) is 101 cm³/mol. The van der Waals surface area contributed by atoms with Gasteiger partial charge in [-0.25, -0.2) is 17.2 Å². The van der Waals surface area contributed by atoms with E-state index in [9.17, 15) is 22.0 Å². The molecule has 1 amide bonds. The zero-order valence-corrected chi connectivity index (χ0v) is 17.5. The molecule has 30 heavy (non-hydrogen) atoms. The van der Waals surface area contributed by atoms with E-state index in [0.717, 1.165) is 19.1 Å². The van der Waals surface area contributed by atoms with Crippen LogP contribution in [0.5, 0.6) is 5.75 Å². The first-order valence-electron chi connectivity index (χ1n) is 9.19. The second kappa shape index (κ2) is 8.25. The fourth-order valence-corrected chi connectivity index (χ4v) is 4.32. The largest absolute Gasteiger partial charge is 0.487 e. The Balaban J connectivity index is 1.89. The number of carbonyl (C=O) groups is 1. The Morgan fingerprint density at radius 3 is 2.67 bits per heavy atom. The number of nitrogens with zero attached hydrogens (tertiary/aromatic N) is 3. The van der Waals surface area contributed by atoms with Crippen LogP contribution in [-0.4, -0.2) is 54.5 Å². The Kier molecular flexibility index (Phi) is 6.06. The summed E-state index contributed by atoms with van der Waals surface area (Å²) in [5, 5.41) is 6.32. The quantitative estimate of drug-likeness (QED) is 0.623. The number of sulfone groups is 1. The van der Waals surface area contributed by atoms with Gasteiger partial charge in [0.2, 0.25) is 5.89 Å². The Hall–Kier alpha value is -2.63. The third-order valence-electron chi connectivity index (χ3n) is 4.47. The highest BCUT2D eigenvalue weighted by Gasteiger charge is 2.38. The molecule has 1 fully saturated rings. The average Bonchev–Trinajstić information content (AvgIpc) is 3.38. The molecule has 2 aromatic rings. The van der Waals surface area contributed by atoms with Crippen molar-refractivity contribution in [1.82, 2.24) is 20.4 Å². The molecule has 1 aliphatic rings. The van der Waals surface area contributed by atoms with Crippen molar-refractivity contribution in [2.24, 2.45) is 0 Å². The van der Waals surface area contributed by atoms with Crippen molar-refractivity contribution in [3.63, 3.8) is 0 Å². The van der Waals surface area contributed by atoms with Gasteiger partial charge in [-0.15, -0.1) is 0 Å². The minimum Gasteiger partial charge on any atom is -0.487 e. The van der Waals surface area contributed by atoms with Crippen LogP contribution in [0.15, 0.2) is 16.8 Å². The summed E-state index contributed by atoms with van der Waals surface area (Å²) in [7, 11) is -3.55. The van der Waals surface area contributed by atoms with Crippen molar-refractivity contribution in [3.05, 3.63) is 35.2 Å². The molecule has 0 bridgehead atoms. The van der Waals surface area contributed by atoms with Crippen LogP contribution in [-0.2, 0) is 15.4 Å². The van der Waals surface area contributed by atoms with E-state index in [-0.39, 0.29) is 29.1 Å². The van der Waals surface area contributed by atoms with E-state index in [1.807, 2.05) is 0 Å². The zero-order chi connectivity index (χ0) is 22.1. The molecule has 1 atom stereocenters. The molecule has 0 spiro atoms. The molecule has 2 aromatic heterocycles. The summed E-state index contributed by atoms with van der Waals surface area (Å²) in [4.78, 5) is 21.0. The summed E-state index contributed by atoms with van der Waals surface area (Å²) >= 11 is 0. The van der Waals surface area contributed by atoms with Gasteiger partial charge in [-0.05, 0) is 25.7 Å². The monoisotopic (exact) mass is 444 g/mol. The third kappa shape index (κ3) is 5.49. The zero-order valence-electron chi connectivity index (χ0n) is 16.7. The maximum absolute atomic E-state index is 12.9. The normalized spacial score (nSPS) is 16.3. The number of rotatable bonds is 9. The van der Waals surface area contributed by atoms with Crippen LogP contribution in [0.25, 0.3) is 0 Å². The molecule has 9 nitrogen and oxygen atoms in total. The first-order valence-corrected chi connectivity index (χ1v) is 11.2. The van der Waals surface area contributed by atoms with Crippen LogP contribution >= 0.6 is 0 Å². The number of alkyl halides is 2. The molecule has 0 aromatic carbocycles. The number of pyridine rings is 1. The fourth-order valence-electron chi connectivity index (χ4n) is 3.07. The summed E-state index contributed by atoms with van der Waals surface area (Å²) in [6.45, 7) is 2.17. The number of nitrogens with one attached hydrogen (secondary N) is 1. The van der Waals surface area contributed by atoms with E-state index >= 15 is 0 Å². The van der Waals surface area contributed by atoms with Gasteiger partial charge in [0.05, 0.1) is 5.75 Å². The van der Waals surface area contributed by atoms with Gasteiger partial charge in [0, 0.05) is 31.0 Å². The number of halogens is 2. The number of carbonyl (C=O) groups excluding carboxylic acids is 1. The smallest absolute Gasteiger partial charge is 0.272 e. The lowest BCUT2D eigenvalue weighted by atomic mass is 10.0. The van der Waals surface area contributed by atoms with Gasteiger partial charge < -0.3 is 14.6 Å². The summed E-state index contributed by atoms with van der Waals surface area (Å²) in [6, 6.07) is 1.29. The number of amides is 1. The molecular weight excluding hydrogens is 422 g/mol. The number of aryl methyl sites for hydroxylation is 1. The van der Waals surface area contributed by atoms with Gasteiger partial charge in [0.25, 0.3) is 12.3 Å². The van der Waals surface area contributed by atoms with Crippen molar-refractivity contribution in [3.8, 4) is 5.75 Å². The third-order valence-corrected chi connectivity index (χ3v) is 5.57. The van der Waals surface area contributed by atoms with E-state index < -0.39 is 40.1 Å². The maximum atomic E-state index is 12.9. The number of ether oxygens (including phenoxy) is 1. The van der Waals surface area contributed by atoms with Gasteiger partial charge in [0.15, 0.2) is 5.82 Å². The molecule has 2 heterocycles. The molecule has 3 rings (SSSR count). The second-order valence-electron chi connectivity index (χ2n) is 7.58. The summed E-state index contributed by atoms with van der Waals surface area (Å²) in [5.41, 5.74) is -0.938. The lowest BCUT2D eigenvalue weighted by molar-refractivity contribution is 0.0811. The van der Waals surface area contributed by atoms with E-state index in [4.69, 9.17) is 9.26 Å². The van der Waals surface area contributed by atoms with E-state index in [1.54, 1.807) is 0 Å². The second-order valence-corrected chi connectivity index (χ2v) is 9.72. The lowest BCUT2D eigenvalue weighted by Gasteiger charge is -2.26. The molecule has 1 N–H and O–H groups in total. The molecule has 0 unspecified atom stereocenters. The highest BCUT2D eigenvalue weighted by atomic mass is 32.2. The van der Waals surface area contributed by atoms with Crippen molar-refractivity contribution >= 4 is 15.7 Å². The molecule has 1 saturated carbocycles. The Morgan fingerprint density at radius 2 is 2.13 bits per heavy atom. The number of aromatic nitrogens is 3. The van der Waals surface area contributed by atoms with Crippen LogP contribution in [0.4, 0.5) is 8.78 Å². The van der Waals surface area contributed by atoms with Gasteiger partial charge in [-0.1, -0.05) is 5.16 Å². The minimum atomic E-state index is -3.55. The SMILES string of the molecule is Cc1nc([C@@](C)(CS(C)(=O)=O)NC(=O)c2cc(OCC(F)F)c(C3CC3)cn2)no1. The van der Waals surface area contributed by atoms with Gasteiger partial charge in [-0.2, -0.15) is 4.98 Å². The standard InChI is InChI=1S/C18H22F2N4O5S/c1-10-22-17(24-29-10)18(2,9-30(3,26)27)23-16(25)13-6-14(28-8-15(19)20)12(7-21-13)11-4-5-11/h6-7,11,15H,4-5,8-9H2,1-3H3,(H,23,25)/t18-/m1/s1. The lowest BCUT2D eigenvalue weighted by Crippen LogP contribution is -2.49. The number of hydrogen-bond donors (Lipinski definition) is 1. The van der Waals surface area contributed by atoms with Crippen molar-refractivity contribution in [1.29, 1.82) is 0 Å². The van der Waals surface area contributed by atoms with Crippen molar-refractivity contribution in [2.75, 3.05) is 18.6 Å². The van der Waals surface area contributed by atoms with E-state index in [0.29, 0.717) is 5.56 Å². The molecule has 164 valence electrons. The molecule has 12 heteroatoms. The first kappa shape index (κ1) is 22.1. The minimum absolute atomic E-state index is 0.0115. The van der Waals surface area contributed by atoms with Gasteiger partial charge in [0.1, 0.15) is 33.4 Å². The molecule has 0 radical (unpaired) electrons. The van der Waals surface area contributed by atoms with Crippen LogP contribution < -0.4 is 10.1 Å². The average molecular weight is 444 g/mol. The molecule has 1 aliphatic carbocycles. The van der Waals surface area contributed by atoms with Gasteiger partial charge in [-0.3, -0.25) is 9.78 Å². The van der Waals surface area contributed by atoms with Gasteiger partial charge >= 0.3 is 0 Å².